The zero-order valence-electron chi connectivity index (χ0n) is 27.3. The third kappa shape index (κ3) is 4.73. The van der Waals surface area contributed by atoms with Crippen LogP contribution in [0.15, 0.2) is 192 Å². The van der Waals surface area contributed by atoms with Crippen molar-refractivity contribution in [1.29, 1.82) is 0 Å². The fourth-order valence-electron chi connectivity index (χ4n) is 7.53. The molecule has 0 saturated heterocycles. The first-order valence-electron chi connectivity index (χ1n) is 17.1. The predicted octanol–water partition coefficient (Wildman–Crippen LogP) is 13.8. The van der Waals surface area contributed by atoms with Crippen molar-refractivity contribution < 1.29 is 4.42 Å². The van der Waals surface area contributed by atoms with Crippen LogP contribution >= 0.6 is 0 Å². The normalized spacial score (nSPS) is 11.6. The number of rotatable bonds is 5. The molecule has 0 amide bonds. The Morgan fingerprint density at radius 3 is 1.56 bits per heavy atom. The maximum Gasteiger partial charge on any atom is 0.136 e. The van der Waals surface area contributed by atoms with E-state index in [4.69, 9.17) is 4.42 Å². The summed E-state index contributed by atoms with van der Waals surface area (Å²) in [7, 11) is 0. The van der Waals surface area contributed by atoms with Crippen LogP contribution in [0.3, 0.4) is 0 Å². The van der Waals surface area contributed by atoms with Crippen LogP contribution in [0.1, 0.15) is 0 Å². The Morgan fingerprint density at radius 1 is 0.300 bits per heavy atom. The number of hydrogen-bond donors (Lipinski definition) is 0. The van der Waals surface area contributed by atoms with Crippen molar-refractivity contribution >= 4 is 71.3 Å². The van der Waals surface area contributed by atoms with Crippen LogP contribution in [-0.2, 0) is 0 Å². The van der Waals surface area contributed by atoms with E-state index >= 15 is 0 Å². The van der Waals surface area contributed by atoms with Crippen LogP contribution in [0.25, 0.3) is 76.5 Å². The lowest BCUT2D eigenvalue weighted by Crippen LogP contribution is -2.10. The van der Waals surface area contributed by atoms with Gasteiger partial charge in [0.15, 0.2) is 0 Å². The standard InChI is InChI=1S/C48H31NO/c1-2-10-35-29-36(18-17-32(35)9-1)33-19-24-39(25-20-33)49(46-30-38-11-3-4-12-41(38)42-13-5-6-14-43(42)46)40-26-21-34(22-27-40)37-23-28-45-44-15-7-8-16-47(44)50-48(45)31-37/h1-31H. The molecule has 0 atom stereocenters. The molecule has 0 fully saturated rings. The molecule has 1 aromatic heterocycles. The minimum atomic E-state index is 0.906. The van der Waals surface area contributed by atoms with E-state index in [2.05, 4.69) is 181 Å². The summed E-state index contributed by atoms with van der Waals surface area (Å²) in [6.07, 6.45) is 0. The number of fused-ring (bicyclic) bond motifs is 7. The largest absolute Gasteiger partial charge is 0.456 e. The van der Waals surface area contributed by atoms with Gasteiger partial charge >= 0.3 is 0 Å². The molecule has 50 heavy (non-hydrogen) atoms. The SMILES string of the molecule is c1ccc2cc(-c3ccc(N(c4ccc(-c5ccc6c(c5)oc5ccccc56)cc4)c4cc5ccccc5c5ccccc45)cc3)ccc2c1. The van der Waals surface area contributed by atoms with Crippen LogP contribution in [-0.4, -0.2) is 0 Å². The molecular weight excluding hydrogens is 607 g/mol. The average molecular weight is 638 g/mol. The molecule has 0 radical (unpaired) electrons. The lowest BCUT2D eigenvalue weighted by atomic mass is 9.98. The highest BCUT2D eigenvalue weighted by Gasteiger charge is 2.18. The molecule has 0 aliphatic heterocycles. The minimum absolute atomic E-state index is 0.906. The quantitative estimate of drug-likeness (QED) is 0.175. The van der Waals surface area contributed by atoms with E-state index in [9.17, 15) is 0 Å². The summed E-state index contributed by atoms with van der Waals surface area (Å²) >= 11 is 0. The van der Waals surface area contributed by atoms with Gasteiger partial charge in [0, 0.05) is 27.5 Å². The summed E-state index contributed by atoms with van der Waals surface area (Å²) in [5.74, 6) is 0. The van der Waals surface area contributed by atoms with Crippen LogP contribution < -0.4 is 4.90 Å². The molecule has 0 bridgehead atoms. The van der Waals surface area contributed by atoms with Crippen LogP contribution in [0, 0.1) is 0 Å². The van der Waals surface area contributed by atoms with Crippen LogP contribution in [0.4, 0.5) is 17.1 Å². The van der Waals surface area contributed by atoms with E-state index in [1.54, 1.807) is 0 Å². The maximum atomic E-state index is 6.22. The van der Waals surface area contributed by atoms with E-state index in [0.717, 1.165) is 50.1 Å². The Labute approximate surface area is 290 Å². The Bertz CT molecular complexity index is 2860. The number of anilines is 3. The monoisotopic (exact) mass is 637 g/mol. The first-order valence-corrected chi connectivity index (χ1v) is 17.1. The minimum Gasteiger partial charge on any atom is -0.456 e. The summed E-state index contributed by atoms with van der Waals surface area (Å²) in [5, 5.41) is 9.72. The number of hydrogen-bond acceptors (Lipinski definition) is 2. The zero-order chi connectivity index (χ0) is 33.0. The Morgan fingerprint density at radius 2 is 0.820 bits per heavy atom. The van der Waals surface area contributed by atoms with Gasteiger partial charge in [0.05, 0.1) is 5.69 Å². The van der Waals surface area contributed by atoms with Gasteiger partial charge in [-0.3, -0.25) is 0 Å². The van der Waals surface area contributed by atoms with Gasteiger partial charge in [-0.25, -0.2) is 0 Å². The van der Waals surface area contributed by atoms with Crippen LogP contribution in [0.2, 0.25) is 0 Å². The highest BCUT2D eigenvalue weighted by Crippen LogP contribution is 2.43. The second kappa shape index (κ2) is 11.5. The van der Waals surface area contributed by atoms with Gasteiger partial charge in [-0.1, -0.05) is 133 Å². The van der Waals surface area contributed by atoms with Crippen LogP contribution in [0.5, 0.6) is 0 Å². The molecule has 10 rings (SSSR count). The fourth-order valence-corrected chi connectivity index (χ4v) is 7.53. The van der Waals surface area contributed by atoms with E-state index in [-0.39, 0.29) is 0 Å². The van der Waals surface area contributed by atoms with Gasteiger partial charge < -0.3 is 9.32 Å². The molecule has 0 unspecified atom stereocenters. The molecule has 0 spiro atoms. The molecule has 234 valence electrons. The fraction of sp³-hybridized carbons (Fsp3) is 0. The number of benzene rings is 9. The van der Waals surface area contributed by atoms with Crippen molar-refractivity contribution in [2.45, 2.75) is 0 Å². The Kier molecular flexibility index (Phi) is 6.53. The summed E-state index contributed by atoms with van der Waals surface area (Å²) in [5.41, 5.74) is 9.85. The molecule has 0 N–H and O–H groups in total. The summed E-state index contributed by atoms with van der Waals surface area (Å²) in [4.78, 5) is 2.39. The third-order valence-electron chi connectivity index (χ3n) is 10.0. The van der Waals surface area contributed by atoms with Gasteiger partial charge in [0.25, 0.3) is 0 Å². The Hall–Kier alpha value is -6.64. The first-order chi connectivity index (χ1) is 24.8. The van der Waals surface area contributed by atoms with Crippen molar-refractivity contribution in [3.63, 3.8) is 0 Å². The Balaban J connectivity index is 1.10. The summed E-state index contributed by atoms with van der Waals surface area (Å²) < 4.78 is 6.22. The smallest absolute Gasteiger partial charge is 0.136 e. The van der Waals surface area contributed by atoms with Gasteiger partial charge in [0.2, 0.25) is 0 Å². The summed E-state index contributed by atoms with van der Waals surface area (Å²) in [6.45, 7) is 0. The molecule has 9 aromatic carbocycles. The zero-order valence-corrected chi connectivity index (χ0v) is 27.3. The molecule has 0 saturated carbocycles. The molecule has 1 heterocycles. The first kappa shape index (κ1) is 28.4. The number of para-hydroxylation sites is 1. The van der Waals surface area contributed by atoms with Crippen molar-refractivity contribution in [3.8, 4) is 22.3 Å². The van der Waals surface area contributed by atoms with Gasteiger partial charge in [-0.2, -0.15) is 0 Å². The second-order valence-electron chi connectivity index (χ2n) is 13.0. The maximum absolute atomic E-state index is 6.22. The van der Waals surface area contributed by atoms with E-state index in [0.29, 0.717) is 0 Å². The predicted molar refractivity (Wildman–Crippen MR) is 212 cm³/mol. The summed E-state index contributed by atoms with van der Waals surface area (Å²) in [6, 6.07) is 67.6. The lowest BCUT2D eigenvalue weighted by molar-refractivity contribution is 0.669. The van der Waals surface area contributed by atoms with Crippen molar-refractivity contribution in [2.75, 3.05) is 4.90 Å². The molecule has 2 heteroatoms. The highest BCUT2D eigenvalue weighted by molar-refractivity contribution is 6.14. The van der Waals surface area contributed by atoms with E-state index in [1.807, 2.05) is 12.1 Å². The lowest BCUT2D eigenvalue weighted by Gasteiger charge is -2.28. The van der Waals surface area contributed by atoms with E-state index in [1.165, 1.54) is 43.4 Å². The average Bonchev–Trinajstić information content (AvgIpc) is 3.56. The topological polar surface area (TPSA) is 16.4 Å². The molecular formula is C48H31NO. The van der Waals surface area contributed by atoms with Crippen molar-refractivity contribution in [2.24, 2.45) is 0 Å². The number of nitrogens with zero attached hydrogens (tertiary/aromatic N) is 1. The third-order valence-corrected chi connectivity index (χ3v) is 10.0. The molecule has 0 aliphatic carbocycles. The second-order valence-corrected chi connectivity index (χ2v) is 13.0. The van der Waals surface area contributed by atoms with Gasteiger partial charge in [-0.05, 0) is 104 Å². The molecule has 10 aromatic rings. The van der Waals surface area contributed by atoms with Crippen molar-refractivity contribution in [3.05, 3.63) is 188 Å². The molecule has 2 nitrogen and oxygen atoms in total. The van der Waals surface area contributed by atoms with Crippen molar-refractivity contribution in [1.82, 2.24) is 0 Å². The number of furan rings is 1. The highest BCUT2D eigenvalue weighted by atomic mass is 16.3. The van der Waals surface area contributed by atoms with Gasteiger partial charge in [-0.15, -0.1) is 0 Å². The van der Waals surface area contributed by atoms with Gasteiger partial charge in [0.1, 0.15) is 11.2 Å². The molecule has 0 aliphatic rings. The van der Waals surface area contributed by atoms with E-state index < -0.39 is 0 Å².